The summed E-state index contributed by atoms with van der Waals surface area (Å²) in [6.07, 6.45) is 5.08. The Kier molecular flexibility index (Phi) is 5.87. The zero-order valence-electron chi connectivity index (χ0n) is 15.0. The summed E-state index contributed by atoms with van der Waals surface area (Å²) < 4.78 is 4.78. The van der Waals surface area contributed by atoms with Crippen LogP contribution in [0.2, 0.25) is 0 Å². The van der Waals surface area contributed by atoms with Gasteiger partial charge in [-0.1, -0.05) is 0 Å². The summed E-state index contributed by atoms with van der Waals surface area (Å²) in [5.41, 5.74) is 0.0186. The number of aromatic nitrogens is 1. The second-order valence-electron chi connectivity index (χ2n) is 6.77. The first-order valence-corrected chi connectivity index (χ1v) is 9.01. The maximum Gasteiger partial charge on any atom is 0.409 e. The highest BCUT2D eigenvalue weighted by Gasteiger charge is 2.30. The van der Waals surface area contributed by atoms with Crippen molar-refractivity contribution in [1.29, 1.82) is 0 Å². The molecular weight excluding hydrogens is 338 g/mol. The molecule has 0 unspecified atom stereocenters. The topological polar surface area (TPSA) is 101 Å². The Labute approximate surface area is 152 Å². The van der Waals surface area contributed by atoms with E-state index in [9.17, 15) is 14.9 Å². The van der Waals surface area contributed by atoms with E-state index in [1.54, 1.807) is 17.2 Å². The van der Waals surface area contributed by atoms with Crippen LogP contribution in [0, 0.1) is 10.1 Å². The molecule has 1 aromatic rings. The molecule has 0 radical (unpaired) electrons. The monoisotopic (exact) mass is 363 g/mol. The van der Waals surface area contributed by atoms with E-state index in [1.165, 1.54) is 13.2 Å². The van der Waals surface area contributed by atoms with E-state index in [2.05, 4.69) is 15.2 Å². The summed E-state index contributed by atoms with van der Waals surface area (Å²) in [4.78, 5) is 30.6. The van der Waals surface area contributed by atoms with Gasteiger partial charge >= 0.3 is 11.8 Å². The number of amides is 1. The third kappa shape index (κ3) is 4.21. The van der Waals surface area contributed by atoms with E-state index in [0.717, 1.165) is 51.9 Å². The molecule has 1 N–H and O–H groups in total. The second-order valence-corrected chi connectivity index (χ2v) is 6.77. The Morgan fingerprint density at radius 1 is 1.27 bits per heavy atom. The van der Waals surface area contributed by atoms with Crippen LogP contribution < -0.4 is 5.32 Å². The molecule has 2 aliphatic rings. The van der Waals surface area contributed by atoms with Crippen molar-refractivity contribution in [1.82, 2.24) is 14.8 Å². The molecule has 9 heteroatoms. The molecule has 2 aliphatic heterocycles. The predicted octanol–water partition coefficient (Wildman–Crippen LogP) is 2.10. The Hall–Kier alpha value is -2.42. The van der Waals surface area contributed by atoms with E-state index in [0.29, 0.717) is 11.9 Å². The lowest BCUT2D eigenvalue weighted by atomic mass is 9.98. The highest BCUT2D eigenvalue weighted by atomic mass is 16.6. The van der Waals surface area contributed by atoms with E-state index >= 15 is 0 Å². The minimum absolute atomic E-state index is 0.0186. The zero-order valence-corrected chi connectivity index (χ0v) is 15.0. The van der Waals surface area contributed by atoms with Crippen molar-refractivity contribution in [3.05, 3.63) is 28.4 Å². The molecule has 0 aliphatic carbocycles. The molecule has 142 valence electrons. The molecule has 1 amide bonds. The van der Waals surface area contributed by atoms with Crippen LogP contribution in [-0.4, -0.2) is 71.2 Å². The van der Waals surface area contributed by atoms with Crippen molar-refractivity contribution in [2.24, 2.45) is 0 Å². The maximum absolute atomic E-state index is 11.6. The third-order valence-corrected chi connectivity index (χ3v) is 5.27. The van der Waals surface area contributed by atoms with Crippen LogP contribution in [0.1, 0.15) is 25.7 Å². The number of methoxy groups -OCH3 is 1. The van der Waals surface area contributed by atoms with Gasteiger partial charge < -0.3 is 19.9 Å². The van der Waals surface area contributed by atoms with E-state index < -0.39 is 4.92 Å². The van der Waals surface area contributed by atoms with E-state index in [1.807, 2.05) is 0 Å². The lowest BCUT2D eigenvalue weighted by molar-refractivity contribution is -0.384. The fourth-order valence-corrected chi connectivity index (χ4v) is 3.80. The molecule has 0 spiro atoms. The van der Waals surface area contributed by atoms with Gasteiger partial charge in [0.15, 0.2) is 0 Å². The standard InChI is InChI=1S/C17H25N5O4/c1-26-17(23)21-11-6-14(7-12-21)20-9-4-13(5-10-20)19-16-15(22(24)25)3-2-8-18-16/h2-3,8,13-14H,4-7,9-12H2,1H3,(H,18,19). The van der Waals surface area contributed by atoms with Crippen molar-refractivity contribution in [3.63, 3.8) is 0 Å². The molecule has 0 saturated carbocycles. The van der Waals surface area contributed by atoms with Gasteiger partial charge in [0.05, 0.1) is 12.0 Å². The average Bonchev–Trinajstić information content (AvgIpc) is 2.68. The molecule has 3 rings (SSSR count). The number of carbonyl (C=O) groups excluding carboxylic acids is 1. The summed E-state index contributed by atoms with van der Waals surface area (Å²) in [5.74, 6) is 0.349. The first-order chi connectivity index (χ1) is 12.6. The van der Waals surface area contributed by atoms with Crippen LogP contribution >= 0.6 is 0 Å². The van der Waals surface area contributed by atoms with Crippen LogP contribution in [-0.2, 0) is 4.74 Å². The number of nitro groups is 1. The molecule has 2 fully saturated rings. The largest absolute Gasteiger partial charge is 0.453 e. The lowest BCUT2D eigenvalue weighted by Gasteiger charge is -2.41. The minimum Gasteiger partial charge on any atom is -0.453 e. The van der Waals surface area contributed by atoms with E-state index in [-0.39, 0.29) is 17.8 Å². The fraction of sp³-hybridized carbons (Fsp3) is 0.647. The molecule has 0 bridgehead atoms. The molecular formula is C17H25N5O4. The first kappa shape index (κ1) is 18.4. The van der Waals surface area contributed by atoms with Crippen molar-refractivity contribution in [2.75, 3.05) is 38.6 Å². The molecule has 0 aromatic carbocycles. The highest BCUT2D eigenvalue weighted by Crippen LogP contribution is 2.26. The normalized spacial score (nSPS) is 20.0. The van der Waals surface area contributed by atoms with Crippen molar-refractivity contribution >= 4 is 17.6 Å². The van der Waals surface area contributed by atoms with Crippen molar-refractivity contribution < 1.29 is 14.5 Å². The molecule has 3 heterocycles. The van der Waals surface area contributed by atoms with Gasteiger partial charge in [-0.25, -0.2) is 9.78 Å². The fourth-order valence-electron chi connectivity index (χ4n) is 3.80. The van der Waals surface area contributed by atoms with Crippen LogP contribution in [0.25, 0.3) is 0 Å². The Morgan fingerprint density at radius 2 is 1.96 bits per heavy atom. The van der Waals surface area contributed by atoms with Crippen LogP contribution in [0.5, 0.6) is 0 Å². The Bertz CT molecular complexity index is 640. The SMILES string of the molecule is COC(=O)N1CCC(N2CCC(Nc3ncccc3[N+](=O)[O-])CC2)CC1. The predicted molar refractivity (Wildman–Crippen MR) is 96.1 cm³/mol. The summed E-state index contributed by atoms with van der Waals surface area (Å²) in [7, 11) is 1.41. The van der Waals surface area contributed by atoms with Crippen LogP contribution in [0.15, 0.2) is 18.3 Å². The van der Waals surface area contributed by atoms with Crippen LogP contribution in [0.4, 0.5) is 16.3 Å². The molecule has 9 nitrogen and oxygen atoms in total. The Morgan fingerprint density at radius 3 is 2.58 bits per heavy atom. The lowest BCUT2D eigenvalue weighted by Crippen LogP contribution is -2.50. The Balaban J connectivity index is 1.48. The average molecular weight is 363 g/mol. The van der Waals surface area contributed by atoms with Crippen molar-refractivity contribution in [3.8, 4) is 0 Å². The van der Waals surface area contributed by atoms with Gasteiger partial charge in [0.2, 0.25) is 5.82 Å². The summed E-state index contributed by atoms with van der Waals surface area (Å²) in [6, 6.07) is 3.72. The zero-order chi connectivity index (χ0) is 18.5. The quantitative estimate of drug-likeness (QED) is 0.646. The number of ether oxygens (including phenoxy) is 1. The highest BCUT2D eigenvalue weighted by molar-refractivity contribution is 5.67. The summed E-state index contributed by atoms with van der Waals surface area (Å²) in [5, 5.41) is 14.3. The van der Waals surface area contributed by atoms with Gasteiger partial charge in [-0.05, 0) is 31.7 Å². The molecule has 26 heavy (non-hydrogen) atoms. The number of hydrogen-bond acceptors (Lipinski definition) is 7. The number of nitrogens with zero attached hydrogens (tertiary/aromatic N) is 4. The first-order valence-electron chi connectivity index (χ1n) is 9.01. The molecule has 0 atom stereocenters. The number of rotatable bonds is 4. The third-order valence-electron chi connectivity index (χ3n) is 5.27. The van der Waals surface area contributed by atoms with Gasteiger partial charge in [-0.15, -0.1) is 0 Å². The summed E-state index contributed by atoms with van der Waals surface area (Å²) in [6.45, 7) is 3.35. The van der Waals surface area contributed by atoms with Gasteiger partial charge in [-0.2, -0.15) is 0 Å². The van der Waals surface area contributed by atoms with Crippen molar-refractivity contribution in [2.45, 2.75) is 37.8 Å². The number of nitrogens with one attached hydrogen (secondary N) is 1. The minimum atomic E-state index is -0.403. The van der Waals surface area contributed by atoms with Gasteiger partial charge in [0, 0.05) is 50.5 Å². The molecule has 2 saturated heterocycles. The second kappa shape index (κ2) is 8.31. The van der Waals surface area contributed by atoms with E-state index in [4.69, 9.17) is 4.74 Å². The number of piperidine rings is 2. The number of pyridine rings is 1. The number of likely N-dealkylation sites (tertiary alicyclic amines) is 2. The van der Waals surface area contributed by atoms with Gasteiger partial charge in [0.25, 0.3) is 0 Å². The summed E-state index contributed by atoms with van der Waals surface area (Å²) >= 11 is 0. The number of hydrogen-bond donors (Lipinski definition) is 1. The van der Waals surface area contributed by atoms with Gasteiger partial charge in [0.1, 0.15) is 0 Å². The molecule has 1 aromatic heterocycles. The maximum atomic E-state index is 11.6. The smallest absolute Gasteiger partial charge is 0.409 e. The van der Waals surface area contributed by atoms with Gasteiger partial charge in [-0.3, -0.25) is 10.1 Å². The number of carbonyl (C=O) groups is 1. The van der Waals surface area contributed by atoms with Crippen LogP contribution in [0.3, 0.4) is 0 Å². The number of anilines is 1.